The lowest BCUT2D eigenvalue weighted by Gasteiger charge is -2.08. The quantitative estimate of drug-likeness (QED) is 0.810. The lowest BCUT2D eigenvalue weighted by Crippen LogP contribution is -2.25. The highest BCUT2D eigenvalue weighted by atomic mass is 16.1. The van der Waals surface area contributed by atoms with Gasteiger partial charge in [0.15, 0.2) is 0 Å². The molecule has 4 nitrogen and oxygen atoms in total. The molecule has 0 spiro atoms. The highest BCUT2D eigenvalue weighted by molar-refractivity contribution is 5.86. The van der Waals surface area contributed by atoms with Crippen molar-refractivity contribution in [3.05, 3.63) is 42.9 Å². The van der Waals surface area contributed by atoms with Gasteiger partial charge in [-0.3, -0.25) is 9.78 Å². The molecular formula is C13H15N3O. The first-order chi connectivity index (χ1) is 8.22. The highest BCUT2D eigenvalue weighted by Crippen LogP contribution is 2.17. The monoisotopic (exact) mass is 229 g/mol. The van der Waals surface area contributed by atoms with Crippen LogP contribution in [0, 0.1) is 6.92 Å². The summed E-state index contributed by atoms with van der Waals surface area (Å²) < 4.78 is 2.14. The van der Waals surface area contributed by atoms with Crippen molar-refractivity contribution in [3.8, 4) is 0 Å². The molecule has 2 rings (SSSR count). The SMILES string of the molecule is C=CC(=O)NCCn1c(C)cc2ccncc21. The zero-order chi connectivity index (χ0) is 12.3. The second kappa shape index (κ2) is 4.82. The number of carbonyl (C=O) groups is 1. The van der Waals surface area contributed by atoms with Crippen LogP contribution < -0.4 is 5.32 Å². The maximum Gasteiger partial charge on any atom is 0.243 e. The molecule has 0 aliphatic heterocycles. The van der Waals surface area contributed by atoms with Crippen molar-refractivity contribution in [3.63, 3.8) is 0 Å². The van der Waals surface area contributed by atoms with E-state index in [1.807, 2.05) is 12.3 Å². The molecule has 2 heterocycles. The summed E-state index contributed by atoms with van der Waals surface area (Å²) in [6.45, 7) is 6.79. The van der Waals surface area contributed by atoms with Gasteiger partial charge in [0.1, 0.15) is 0 Å². The van der Waals surface area contributed by atoms with Crippen molar-refractivity contribution in [1.29, 1.82) is 0 Å². The molecule has 0 aromatic carbocycles. The third-order valence-electron chi connectivity index (χ3n) is 2.73. The smallest absolute Gasteiger partial charge is 0.243 e. The molecule has 1 N–H and O–H groups in total. The summed E-state index contributed by atoms with van der Waals surface area (Å²) in [5.41, 5.74) is 2.26. The molecule has 4 heteroatoms. The van der Waals surface area contributed by atoms with Crippen molar-refractivity contribution in [2.24, 2.45) is 0 Å². The summed E-state index contributed by atoms with van der Waals surface area (Å²) in [7, 11) is 0. The van der Waals surface area contributed by atoms with Crippen molar-refractivity contribution < 1.29 is 4.79 Å². The molecular weight excluding hydrogens is 214 g/mol. The number of nitrogens with zero attached hydrogens (tertiary/aromatic N) is 2. The molecule has 88 valence electrons. The topological polar surface area (TPSA) is 46.9 Å². The Balaban J connectivity index is 2.15. The number of carbonyl (C=O) groups excluding carboxylic acids is 1. The molecule has 0 atom stereocenters. The van der Waals surface area contributed by atoms with Crippen molar-refractivity contribution in [1.82, 2.24) is 14.9 Å². The highest BCUT2D eigenvalue weighted by Gasteiger charge is 2.04. The van der Waals surface area contributed by atoms with Crippen LogP contribution in [-0.2, 0) is 11.3 Å². The number of hydrogen-bond acceptors (Lipinski definition) is 2. The number of aromatic nitrogens is 2. The first-order valence-corrected chi connectivity index (χ1v) is 5.52. The van der Waals surface area contributed by atoms with E-state index >= 15 is 0 Å². The molecule has 2 aromatic rings. The molecule has 2 aromatic heterocycles. The van der Waals surface area contributed by atoms with Crippen LogP contribution in [0.3, 0.4) is 0 Å². The minimum atomic E-state index is -0.141. The summed E-state index contributed by atoms with van der Waals surface area (Å²) in [6.07, 6.45) is 4.91. The number of amides is 1. The van der Waals surface area contributed by atoms with Gasteiger partial charge in [-0.25, -0.2) is 0 Å². The Bertz CT molecular complexity index is 557. The number of fused-ring (bicyclic) bond motifs is 1. The summed E-state index contributed by atoms with van der Waals surface area (Å²) >= 11 is 0. The standard InChI is InChI=1S/C13H15N3O/c1-3-13(17)15-6-7-16-10(2)8-11-4-5-14-9-12(11)16/h3-5,8-9H,1,6-7H2,2H3,(H,15,17). The summed E-state index contributed by atoms with van der Waals surface area (Å²) in [5, 5.41) is 3.94. The van der Waals surface area contributed by atoms with Crippen molar-refractivity contribution in [2.75, 3.05) is 6.54 Å². The maximum atomic E-state index is 11.0. The van der Waals surface area contributed by atoms with Gasteiger partial charge in [0.05, 0.1) is 11.7 Å². The van der Waals surface area contributed by atoms with Gasteiger partial charge in [-0.2, -0.15) is 0 Å². The van der Waals surface area contributed by atoms with Crippen LogP contribution in [0.15, 0.2) is 37.2 Å². The van der Waals surface area contributed by atoms with Crippen molar-refractivity contribution in [2.45, 2.75) is 13.5 Å². The Morgan fingerprint density at radius 3 is 3.24 bits per heavy atom. The summed E-state index contributed by atoms with van der Waals surface area (Å²) in [6, 6.07) is 4.10. The van der Waals surface area contributed by atoms with Crippen molar-refractivity contribution >= 4 is 16.8 Å². The fraction of sp³-hybridized carbons (Fsp3) is 0.231. The second-order valence-corrected chi connectivity index (χ2v) is 3.87. The molecule has 0 unspecified atom stereocenters. The van der Waals surface area contributed by atoms with Gasteiger partial charge in [-0.15, -0.1) is 0 Å². The van der Waals surface area contributed by atoms with Gasteiger partial charge >= 0.3 is 0 Å². The molecule has 1 amide bonds. The molecule has 0 aliphatic carbocycles. The number of hydrogen-bond donors (Lipinski definition) is 1. The van der Waals surface area contributed by atoms with E-state index in [1.165, 1.54) is 17.2 Å². The van der Waals surface area contributed by atoms with Gasteiger partial charge in [-0.05, 0) is 25.1 Å². The number of rotatable bonds is 4. The second-order valence-electron chi connectivity index (χ2n) is 3.87. The molecule has 0 radical (unpaired) electrons. The molecule has 0 fully saturated rings. The van der Waals surface area contributed by atoms with Crippen LogP contribution in [0.2, 0.25) is 0 Å². The van der Waals surface area contributed by atoms with E-state index < -0.39 is 0 Å². The van der Waals surface area contributed by atoms with Gasteiger partial charge in [0.2, 0.25) is 5.91 Å². The van der Waals surface area contributed by atoms with E-state index in [9.17, 15) is 4.79 Å². The van der Waals surface area contributed by atoms with E-state index in [4.69, 9.17) is 0 Å². The third kappa shape index (κ3) is 2.36. The first-order valence-electron chi connectivity index (χ1n) is 5.52. The fourth-order valence-corrected chi connectivity index (χ4v) is 1.90. The predicted molar refractivity (Wildman–Crippen MR) is 67.7 cm³/mol. The summed E-state index contributed by atoms with van der Waals surface area (Å²) in [5.74, 6) is -0.141. The first kappa shape index (κ1) is 11.4. The fourth-order valence-electron chi connectivity index (χ4n) is 1.90. The molecule has 17 heavy (non-hydrogen) atoms. The average Bonchev–Trinajstić information content (AvgIpc) is 2.66. The minimum absolute atomic E-state index is 0.141. The van der Waals surface area contributed by atoms with E-state index in [1.54, 1.807) is 6.20 Å². The van der Waals surface area contributed by atoms with Gasteiger partial charge in [0, 0.05) is 30.4 Å². The Hall–Kier alpha value is -2.10. The zero-order valence-electron chi connectivity index (χ0n) is 9.81. The van der Waals surface area contributed by atoms with Crippen LogP contribution in [0.25, 0.3) is 10.9 Å². The Morgan fingerprint density at radius 1 is 1.65 bits per heavy atom. The van der Waals surface area contributed by atoms with E-state index in [0.717, 1.165) is 12.1 Å². The van der Waals surface area contributed by atoms with Gasteiger partial charge in [0.25, 0.3) is 0 Å². The van der Waals surface area contributed by atoms with Crippen LogP contribution in [0.5, 0.6) is 0 Å². The van der Waals surface area contributed by atoms with Crippen LogP contribution in [-0.4, -0.2) is 22.0 Å². The van der Waals surface area contributed by atoms with Crippen LogP contribution in [0.4, 0.5) is 0 Å². The minimum Gasteiger partial charge on any atom is -0.351 e. The van der Waals surface area contributed by atoms with Crippen LogP contribution >= 0.6 is 0 Å². The van der Waals surface area contributed by atoms with E-state index in [2.05, 4.69) is 34.4 Å². The van der Waals surface area contributed by atoms with Gasteiger partial charge < -0.3 is 9.88 Å². The average molecular weight is 229 g/mol. The Labute approximate surface area is 100.0 Å². The maximum absolute atomic E-state index is 11.0. The Morgan fingerprint density at radius 2 is 2.47 bits per heavy atom. The van der Waals surface area contributed by atoms with E-state index in [0.29, 0.717) is 6.54 Å². The zero-order valence-corrected chi connectivity index (χ0v) is 9.81. The third-order valence-corrected chi connectivity index (χ3v) is 2.73. The number of aryl methyl sites for hydroxylation is 1. The lowest BCUT2D eigenvalue weighted by atomic mass is 10.3. The normalized spacial score (nSPS) is 10.4. The van der Waals surface area contributed by atoms with E-state index in [-0.39, 0.29) is 5.91 Å². The molecule has 0 aliphatic rings. The number of nitrogens with one attached hydrogen (secondary N) is 1. The Kier molecular flexibility index (Phi) is 3.23. The lowest BCUT2D eigenvalue weighted by molar-refractivity contribution is -0.116. The molecule has 0 saturated heterocycles. The molecule has 0 bridgehead atoms. The number of pyridine rings is 1. The predicted octanol–water partition coefficient (Wildman–Crippen LogP) is 1.65. The summed E-state index contributed by atoms with van der Waals surface area (Å²) in [4.78, 5) is 15.2. The molecule has 0 saturated carbocycles. The van der Waals surface area contributed by atoms with Crippen LogP contribution in [0.1, 0.15) is 5.69 Å². The van der Waals surface area contributed by atoms with Gasteiger partial charge in [-0.1, -0.05) is 6.58 Å². The largest absolute Gasteiger partial charge is 0.351 e.